The summed E-state index contributed by atoms with van der Waals surface area (Å²) in [5.41, 5.74) is 1.55. The standard InChI is InChI=1S/C24H21N5O2S/c30-22(26-20-10-4-5-11-21(20)31-19-8-2-1-3-9-19)16-32-24-28-27-23(29(24)18-12-13-18)17-7-6-14-25-15-17/h1-11,14-15,18H,12-13,16H2,(H,26,30). The highest BCUT2D eigenvalue weighted by molar-refractivity contribution is 7.99. The van der Waals surface area contributed by atoms with Crippen LogP contribution in [-0.4, -0.2) is 31.4 Å². The van der Waals surface area contributed by atoms with Crippen molar-refractivity contribution in [3.8, 4) is 22.9 Å². The maximum atomic E-state index is 12.7. The second-order valence-electron chi connectivity index (χ2n) is 7.40. The third kappa shape index (κ3) is 4.65. The third-order valence-corrected chi connectivity index (χ3v) is 5.90. The van der Waals surface area contributed by atoms with Crippen molar-refractivity contribution in [1.29, 1.82) is 0 Å². The van der Waals surface area contributed by atoms with Gasteiger partial charge < -0.3 is 10.1 Å². The third-order valence-electron chi connectivity index (χ3n) is 4.96. The number of benzene rings is 2. The highest BCUT2D eigenvalue weighted by Crippen LogP contribution is 2.41. The number of para-hydroxylation sites is 3. The van der Waals surface area contributed by atoms with Gasteiger partial charge in [0.1, 0.15) is 5.75 Å². The highest BCUT2D eigenvalue weighted by atomic mass is 32.2. The Morgan fingerprint density at radius 2 is 1.84 bits per heavy atom. The molecule has 1 aliphatic carbocycles. The molecule has 1 fully saturated rings. The van der Waals surface area contributed by atoms with Gasteiger partial charge in [-0.3, -0.25) is 14.3 Å². The molecule has 2 aromatic heterocycles. The molecule has 2 aromatic carbocycles. The van der Waals surface area contributed by atoms with Gasteiger partial charge in [0.2, 0.25) is 5.91 Å². The summed E-state index contributed by atoms with van der Waals surface area (Å²) in [6.07, 6.45) is 5.71. The van der Waals surface area contributed by atoms with Crippen LogP contribution in [0.25, 0.3) is 11.4 Å². The van der Waals surface area contributed by atoms with Crippen molar-refractivity contribution in [1.82, 2.24) is 19.7 Å². The lowest BCUT2D eigenvalue weighted by Gasteiger charge is -2.12. The van der Waals surface area contributed by atoms with Crippen molar-refractivity contribution >= 4 is 23.4 Å². The van der Waals surface area contributed by atoms with Crippen molar-refractivity contribution in [3.63, 3.8) is 0 Å². The highest BCUT2D eigenvalue weighted by Gasteiger charge is 2.30. The Balaban J connectivity index is 1.27. The molecule has 1 amide bonds. The van der Waals surface area contributed by atoms with E-state index in [9.17, 15) is 4.79 Å². The van der Waals surface area contributed by atoms with Crippen LogP contribution in [0.5, 0.6) is 11.5 Å². The monoisotopic (exact) mass is 443 g/mol. The van der Waals surface area contributed by atoms with E-state index in [4.69, 9.17) is 4.74 Å². The van der Waals surface area contributed by atoms with Crippen LogP contribution >= 0.6 is 11.8 Å². The minimum Gasteiger partial charge on any atom is -0.455 e. The summed E-state index contributed by atoms with van der Waals surface area (Å²) in [6.45, 7) is 0. The lowest BCUT2D eigenvalue weighted by atomic mass is 10.3. The van der Waals surface area contributed by atoms with Crippen molar-refractivity contribution in [2.45, 2.75) is 24.0 Å². The van der Waals surface area contributed by atoms with E-state index >= 15 is 0 Å². The lowest BCUT2D eigenvalue weighted by molar-refractivity contribution is -0.113. The minimum atomic E-state index is -0.132. The average molecular weight is 444 g/mol. The van der Waals surface area contributed by atoms with Gasteiger partial charge in [0, 0.05) is 24.0 Å². The van der Waals surface area contributed by atoms with Crippen LogP contribution in [0.2, 0.25) is 0 Å². The summed E-state index contributed by atoms with van der Waals surface area (Å²) in [5, 5.41) is 12.4. The molecule has 0 spiro atoms. The van der Waals surface area contributed by atoms with E-state index in [1.54, 1.807) is 12.4 Å². The smallest absolute Gasteiger partial charge is 0.234 e. The predicted octanol–water partition coefficient (Wildman–Crippen LogP) is 5.20. The van der Waals surface area contributed by atoms with E-state index < -0.39 is 0 Å². The van der Waals surface area contributed by atoms with Crippen LogP contribution in [-0.2, 0) is 4.79 Å². The zero-order valence-corrected chi connectivity index (χ0v) is 18.0. The summed E-state index contributed by atoms with van der Waals surface area (Å²) in [4.78, 5) is 16.9. The van der Waals surface area contributed by atoms with Crippen LogP contribution in [0.15, 0.2) is 84.3 Å². The number of nitrogens with one attached hydrogen (secondary N) is 1. The maximum Gasteiger partial charge on any atom is 0.234 e. The van der Waals surface area contributed by atoms with E-state index in [2.05, 4.69) is 25.1 Å². The lowest BCUT2D eigenvalue weighted by Crippen LogP contribution is -2.15. The number of carbonyl (C=O) groups is 1. The van der Waals surface area contributed by atoms with Crippen LogP contribution in [0.3, 0.4) is 0 Å². The molecule has 0 radical (unpaired) electrons. The molecule has 8 heteroatoms. The zero-order valence-electron chi connectivity index (χ0n) is 17.2. The molecule has 4 aromatic rings. The van der Waals surface area contributed by atoms with E-state index in [1.165, 1.54) is 11.8 Å². The molecular formula is C24H21N5O2S. The molecule has 160 valence electrons. The second-order valence-corrected chi connectivity index (χ2v) is 8.34. The zero-order chi connectivity index (χ0) is 21.8. The first-order chi connectivity index (χ1) is 15.8. The number of rotatable bonds is 8. The Hall–Kier alpha value is -3.65. The van der Waals surface area contributed by atoms with Gasteiger partial charge in [-0.15, -0.1) is 10.2 Å². The number of carbonyl (C=O) groups excluding carboxylic acids is 1. The minimum absolute atomic E-state index is 0.132. The van der Waals surface area contributed by atoms with Gasteiger partial charge >= 0.3 is 0 Å². The molecular weight excluding hydrogens is 422 g/mol. The van der Waals surface area contributed by atoms with Crippen LogP contribution in [0, 0.1) is 0 Å². The number of amides is 1. The van der Waals surface area contributed by atoms with Crippen molar-refractivity contribution in [3.05, 3.63) is 79.1 Å². The topological polar surface area (TPSA) is 81.9 Å². The predicted molar refractivity (Wildman–Crippen MR) is 124 cm³/mol. The van der Waals surface area contributed by atoms with E-state index in [-0.39, 0.29) is 11.7 Å². The van der Waals surface area contributed by atoms with Crippen LogP contribution in [0.4, 0.5) is 5.69 Å². The molecule has 1 saturated carbocycles. The quantitative estimate of drug-likeness (QED) is 0.377. The van der Waals surface area contributed by atoms with Gasteiger partial charge in [0.15, 0.2) is 16.7 Å². The first kappa shape index (κ1) is 20.3. The van der Waals surface area contributed by atoms with E-state index in [1.807, 2.05) is 66.7 Å². The molecule has 1 aliphatic rings. The Morgan fingerprint density at radius 3 is 2.62 bits per heavy atom. The number of aromatic nitrogens is 4. The van der Waals surface area contributed by atoms with Crippen molar-refractivity contribution in [2.24, 2.45) is 0 Å². The SMILES string of the molecule is O=C(CSc1nnc(-c2cccnc2)n1C1CC1)Nc1ccccc1Oc1ccccc1. The Labute approximate surface area is 189 Å². The number of anilines is 1. The molecule has 7 nitrogen and oxygen atoms in total. The fourth-order valence-electron chi connectivity index (χ4n) is 3.32. The molecule has 0 aliphatic heterocycles. The largest absolute Gasteiger partial charge is 0.455 e. The molecule has 2 heterocycles. The number of thioether (sulfide) groups is 1. The van der Waals surface area contributed by atoms with Gasteiger partial charge in [-0.1, -0.05) is 42.1 Å². The van der Waals surface area contributed by atoms with E-state index in [0.717, 1.165) is 29.4 Å². The fourth-order valence-corrected chi connectivity index (χ4v) is 4.13. The van der Waals surface area contributed by atoms with Gasteiger partial charge in [0.05, 0.1) is 11.4 Å². The van der Waals surface area contributed by atoms with Gasteiger partial charge in [-0.25, -0.2) is 0 Å². The normalized spacial score (nSPS) is 13.0. The number of hydrogen-bond acceptors (Lipinski definition) is 6. The summed E-state index contributed by atoms with van der Waals surface area (Å²) in [6, 6.07) is 21.1. The first-order valence-corrected chi connectivity index (χ1v) is 11.4. The van der Waals surface area contributed by atoms with Gasteiger partial charge in [-0.05, 0) is 49.2 Å². The second kappa shape index (κ2) is 9.23. The first-order valence-electron chi connectivity index (χ1n) is 10.4. The van der Waals surface area contributed by atoms with Crippen molar-refractivity contribution in [2.75, 3.05) is 11.1 Å². The summed E-state index contributed by atoms with van der Waals surface area (Å²) in [7, 11) is 0. The maximum absolute atomic E-state index is 12.7. The number of nitrogens with zero attached hydrogens (tertiary/aromatic N) is 4. The van der Waals surface area contributed by atoms with Gasteiger partial charge in [0.25, 0.3) is 0 Å². The Morgan fingerprint density at radius 1 is 1.03 bits per heavy atom. The molecule has 5 rings (SSSR count). The Bertz CT molecular complexity index is 1210. The molecule has 32 heavy (non-hydrogen) atoms. The summed E-state index contributed by atoms with van der Waals surface area (Å²) < 4.78 is 8.06. The average Bonchev–Trinajstić information content (AvgIpc) is 3.59. The number of pyridine rings is 1. The van der Waals surface area contributed by atoms with Crippen molar-refractivity contribution < 1.29 is 9.53 Å². The molecule has 0 unspecified atom stereocenters. The van der Waals surface area contributed by atoms with E-state index in [0.29, 0.717) is 23.2 Å². The molecule has 1 N–H and O–H groups in total. The number of ether oxygens (including phenoxy) is 1. The molecule has 0 atom stereocenters. The fraction of sp³-hybridized carbons (Fsp3) is 0.167. The van der Waals surface area contributed by atoms with Crippen LogP contribution in [0.1, 0.15) is 18.9 Å². The molecule has 0 bridgehead atoms. The molecule has 0 saturated heterocycles. The Kier molecular flexibility index (Phi) is 5.85. The number of hydrogen-bond donors (Lipinski definition) is 1. The summed E-state index contributed by atoms with van der Waals surface area (Å²) in [5.74, 6) is 2.19. The van der Waals surface area contributed by atoms with Gasteiger partial charge in [-0.2, -0.15) is 0 Å². The summed E-state index contributed by atoms with van der Waals surface area (Å²) >= 11 is 1.38. The van der Waals surface area contributed by atoms with Crippen LogP contribution < -0.4 is 10.1 Å².